The summed E-state index contributed by atoms with van der Waals surface area (Å²) in [6.45, 7) is 3.83. The Balaban J connectivity index is 2.29. The molecular weight excluding hydrogens is 347 g/mol. The highest BCUT2D eigenvalue weighted by atomic mass is 19.4. The monoisotopic (exact) mass is 367 g/mol. The lowest BCUT2D eigenvalue weighted by Gasteiger charge is -2.15. The van der Waals surface area contributed by atoms with E-state index >= 15 is 0 Å². The minimum atomic E-state index is -4.75. The van der Waals surface area contributed by atoms with Crippen molar-refractivity contribution in [3.8, 4) is 16.9 Å². The number of aryl methyl sites for hydroxylation is 1. The molecule has 0 radical (unpaired) electrons. The summed E-state index contributed by atoms with van der Waals surface area (Å²) >= 11 is 0. The fourth-order valence-corrected chi connectivity index (χ4v) is 2.58. The predicted octanol–water partition coefficient (Wildman–Crippen LogP) is 4.51. The van der Waals surface area contributed by atoms with E-state index in [9.17, 15) is 18.0 Å². The minimum Gasteiger partial charge on any atom is -0.466 e. The van der Waals surface area contributed by atoms with E-state index in [1.54, 1.807) is 19.1 Å². The van der Waals surface area contributed by atoms with Crippen LogP contribution in [0.25, 0.3) is 11.1 Å². The predicted molar refractivity (Wildman–Crippen MR) is 91.5 cm³/mol. The highest BCUT2D eigenvalue weighted by Gasteiger charge is 2.31. The number of hydrogen-bond donors (Lipinski definition) is 1. The molecule has 0 saturated heterocycles. The van der Waals surface area contributed by atoms with Gasteiger partial charge in [0.2, 0.25) is 0 Å². The second-order valence-electron chi connectivity index (χ2n) is 5.82. The number of nitrogens with two attached hydrogens (primary N) is 1. The van der Waals surface area contributed by atoms with Gasteiger partial charge in [0.05, 0.1) is 13.0 Å². The number of rotatable bonds is 6. The molecule has 1 atom stereocenters. The van der Waals surface area contributed by atoms with E-state index in [0.717, 1.165) is 5.56 Å². The maximum absolute atomic E-state index is 12.4. The van der Waals surface area contributed by atoms with Crippen LogP contribution in [0.2, 0.25) is 0 Å². The largest absolute Gasteiger partial charge is 0.573 e. The maximum atomic E-state index is 12.4. The Bertz CT molecular complexity index is 775. The minimum absolute atomic E-state index is 0.0218. The van der Waals surface area contributed by atoms with Gasteiger partial charge in [-0.2, -0.15) is 0 Å². The Hall–Kier alpha value is -2.54. The summed E-state index contributed by atoms with van der Waals surface area (Å²) in [6.07, 6.45) is -4.73. The van der Waals surface area contributed by atoms with Crippen molar-refractivity contribution >= 4 is 5.97 Å². The third-order valence-electron chi connectivity index (χ3n) is 3.62. The molecule has 1 unspecified atom stereocenters. The SMILES string of the molecule is CCOC(=O)CC(N)c1cc(C)cc(-c2cccc(OC(F)(F)F)c2)c1. The number of carbonyl (C=O) groups excluding carboxylic acids is 1. The molecule has 0 aliphatic heterocycles. The lowest BCUT2D eigenvalue weighted by molar-refractivity contribution is -0.274. The van der Waals surface area contributed by atoms with E-state index in [2.05, 4.69) is 4.74 Å². The lowest BCUT2D eigenvalue weighted by atomic mass is 9.96. The first kappa shape index (κ1) is 19.8. The summed E-state index contributed by atoms with van der Waals surface area (Å²) in [5.74, 6) is -0.697. The molecule has 0 amide bonds. The molecule has 0 aromatic heterocycles. The summed E-state index contributed by atoms with van der Waals surface area (Å²) in [4.78, 5) is 11.6. The number of benzene rings is 2. The molecule has 7 heteroatoms. The van der Waals surface area contributed by atoms with Gasteiger partial charge in [0.15, 0.2) is 0 Å². The molecule has 0 saturated carbocycles. The summed E-state index contributed by atoms with van der Waals surface area (Å²) in [6, 6.07) is 10.6. The van der Waals surface area contributed by atoms with E-state index < -0.39 is 18.4 Å². The van der Waals surface area contributed by atoms with E-state index in [-0.39, 0.29) is 18.8 Å². The van der Waals surface area contributed by atoms with Gasteiger partial charge in [-0.15, -0.1) is 13.2 Å². The van der Waals surface area contributed by atoms with Crippen molar-refractivity contribution in [2.45, 2.75) is 32.7 Å². The van der Waals surface area contributed by atoms with Gasteiger partial charge in [0, 0.05) is 6.04 Å². The van der Waals surface area contributed by atoms with Crippen LogP contribution in [0.4, 0.5) is 13.2 Å². The van der Waals surface area contributed by atoms with Crippen molar-refractivity contribution in [1.82, 2.24) is 0 Å². The smallest absolute Gasteiger partial charge is 0.466 e. The molecule has 2 aromatic rings. The second kappa shape index (κ2) is 8.23. The number of carbonyl (C=O) groups is 1. The van der Waals surface area contributed by atoms with Gasteiger partial charge >= 0.3 is 12.3 Å². The van der Waals surface area contributed by atoms with Crippen LogP contribution in [-0.2, 0) is 9.53 Å². The van der Waals surface area contributed by atoms with Crippen LogP contribution in [0.15, 0.2) is 42.5 Å². The van der Waals surface area contributed by atoms with Crippen LogP contribution in [0.5, 0.6) is 5.75 Å². The maximum Gasteiger partial charge on any atom is 0.573 e. The average Bonchev–Trinajstić information content (AvgIpc) is 2.53. The third kappa shape index (κ3) is 5.77. The molecule has 4 nitrogen and oxygen atoms in total. The molecule has 26 heavy (non-hydrogen) atoms. The molecule has 2 aromatic carbocycles. The van der Waals surface area contributed by atoms with Crippen molar-refractivity contribution in [3.05, 3.63) is 53.6 Å². The summed E-state index contributed by atoms with van der Waals surface area (Å²) in [5.41, 5.74) is 8.90. The fraction of sp³-hybridized carbons (Fsp3) is 0.316. The molecule has 0 heterocycles. The van der Waals surface area contributed by atoms with Crippen LogP contribution >= 0.6 is 0 Å². The quantitative estimate of drug-likeness (QED) is 0.763. The highest BCUT2D eigenvalue weighted by molar-refractivity contribution is 5.71. The zero-order valence-electron chi connectivity index (χ0n) is 14.5. The average molecular weight is 367 g/mol. The zero-order chi connectivity index (χ0) is 19.3. The number of hydrogen-bond acceptors (Lipinski definition) is 4. The fourth-order valence-electron chi connectivity index (χ4n) is 2.58. The number of halogens is 3. The molecule has 2 rings (SSSR count). The first-order chi connectivity index (χ1) is 12.2. The van der Waals surface area contributed by atoms with Crippen molar-refractivity contribution < 1.29 is 27.4 Å². The Morgan fingerprint density at radius 1 is 1.15 bits per heavy atom. The van der Waals surface area contributed by atoms with Gasteiger partial charge in [0.25, 0.3) is 0 Å². The Labute approximate surface area is 149 Å². The van der Waals surface area contributed by atoms with Gasteiger partial charge in [-0.3, -0.25) is 4.79 Å². The standard InChI is InChI=1S/C19H20F3NO3/c1-3-25-18(24)11-17(23)15-8-12(2)7-14(9-15)13-5-4-6-16(10-13)26-19(20,21)22/h4-10,17H,3,11,23H2,1-2H3. The van der Waals surface area contributed by atoms with Crippen molar-refractivity contribution in [2.75, 3.05) is 6.61 Å². The first-order valence-electron chi connectivity index (χ1n) is 8.07. The van der Waals surface area contributed by atoms with Gasteiger partial charge in [-0.1, -0.05) is 29.8 Å². The topological polar surface area (TPSA) is 61.5 Å². The van der Waals surface area contributed by atoms with E-state index in [0.29, 0.717) is 16.7 Å². The molecule has 2 N–H and O–H groups in total. The summed E-state index contributed by atoms with van der Waals surface area (Å²) in [5, 5.41) is 0. The summed E-state index contributed by atoms with van der Waals surface area (Å²) in [7, 11) is 0. The first-order valence-corrected chi connectivity index (χ1v) is 8.07. The molecule has 140 valence electrons. The summed E-state index contributed by atoms with van der Waals surface area (Å²) < 4.78 is 46.1. The van der Waals surface area contributed by atoms with E-state index in [1.807, 2.05) is 19.1 Å². The van der Waals surface area contributed by atoms with Gasteiger partial charge in [-0.05, 0) is 48.7 Å². The molecule has 0 aliphatic rings. The Kier molecular flexibility index (Phi) is 6.26. The molecule has 0 fully saturated rings. The zero-order valence-corrected chi connectivity index (χ0v) is 14.5. The van der Waals surface area contributed by atoms with Crippen LogP contribution in [0.3, 0.4) is 0 Å². The normalized spacial score (nSPS) is 12.5. The lowest BCUT2D eigenvalue weighted by Crippen LogP contribution is -2.17. The van der Waals surface area contributed by atoms with Gasteiger partial charge in [-0.25, -0.2) is 0 Å². The van der Waals surface area contributed by atoms with Crippen LogP contribution < -0.4 is 10.5 Å². The third-order valence-corrected chi connectivity index (χ3v) is 3.62. The molecular formula is C19H20F3NO3. The van der Waals surface area contributed by atoms with Crippen LogP contribution in [0, 0.1) is 6.92 Å². The number of ether oxygens (including phenoxy) is 2. The van der Waals surface area contributed by atoms with E-state index in [1.165, 1.54) is 18.2 Å². The van der Waals surface area contributed by atoms with Crippen molar-refractivity contribution in [2.24, 2.45) is 5.73 Å². The second-order valence-corrected chi connectivity index (χ2v) is 5.82. The van der Waals surface area contributed by atoms with Crippen molar-refractivity contribution in [1.29, 1.82) is 0 Å². The van der Waals surface area contributed by atoms with Gasteiger partial charge < -0.3 is 15.2 Å². The van der Waals surface area contributed by atoms with Crippen molar-refractivity contribution in [3.63, 3.8) is 0 Å². The number of esters is 1. The molecule has 0 aliphatic carbocycles. The van der Waals surface area contributed by atoms with Crippen LogP contribution in [-0.4, -0.2) is 18.9 Å². The molecule has 0 spiro atoms. The Morgan fingerprint density at radius 3 is 2.54 bits per heavy atom. The molecule has 0 bridgehead atoms. The number of alkyl halides is 3. The highest BCUT2D eigenvalue weighted by Crippen LogP contribution is 2.30. The van der Waals surface area contributed by atoms with Crippen LogP contribution in [0.1, 0.15) is 30.5 Å². The van der Waals surface area contributed by atoms with Gasteiger partial charge in [0.1, 0.15) is 5.75 Å². The van der Waals surface area contributed by atoms with E-state index in [4.69, 9.17) is 10.5 Å². The Morgan fingerprint density at radius 2 is 1.88 bits per heavy atom.